The molecular weight excluding hydrogens is 459 g/mol. The van der Waals surface area contributed by atoms with Crippen LogP contribution in [0.2, 0.25) is 6.32 Å². The lowest BCUT2D eigenvalue weighted by Crippen LogP contribution is -2.44. The van der Waals surface area contributed by atoms with E-state index in [0.717, 1.165) is 19.3 Å². The van der Waals surface area contributed by atoms with E-state index in [9.17, 15) is 24.6 Å². The molecule has 2 aliphatic rings. The van der Waals surface area contributed by atoms with Crippen LogP contribution in [-0.2, 0) is 14.3 Å². The maximum Gasteiger partial charge on any atom is 0.451 e. The van der Waals surface area contributed by atoms with Crippen LogP contribution < -0.4 is 5.32 Å². The Morgan fingerprint density at radius 1 is 1.06 bits per heavy atom. The lowest BCUT2D eigenvalue weighted by Gasteiger charge is -2.29. The number of amides is 1. The highest BCUT2D eigenvalue weighted by atomic mass is 16.6. The second-order valence-electron chi connectivity index (χ2n) is 10.4. The van der Waals surface area contributed by atoms with Crippen molar-refractivity contribution in [3.63, 3.8) is 0 Å². The molecule has 2 aliphatic heterocycles. The minimum absolute atomic E-state index is 0.0893. The number of ketones is 1. The molecule has 35 heavy (non-hydrogen) atoms. The Hall–Kier alpha value is -1.73. The standard InChI is InChI=1S/C15H27NO4.C8H16BNO5/c1-6-7-8-11-12(18)9-16(13(11)10(2)17)14(19)20-15(3,4)5;11-6-4-10-7(8(12)13)5(6)2-1-3-9(14)15/h11-13,18H,6-9H2,1-5H3;5-7,10-11,14-15H,1-4H2,(H,12,13)/t11?,12?,13-;5-,6+,7-/m10/s1. The third-order valence-corrected chi connectivity index (χ3v) is 6.29. The van der Waals surface area contributed by atoms with Crippen molar-refractivity contribution in [2.24, 2.45) is 11.8 Å². The van der Waals surface area contributed by atoms with E-state index in [1.807, 2.05) is 0 Å². The summed E-state index contributed by atoms with van der Waals surface area (Å²) in [4.78, 5) is 36.2. The summed E-state index contributed by atoms with van der Waals surface area (Å²) in [5, 5.41) is 48.5. The first-order valence-electron chi connectivity index (χ1n) is 12.4. The fourth-order valence-electron chi connectivity index (χ4n) is 4.65. The number of ether oxygens (including phenoxy) is 1. The van der Waals surface area contributed by atoms with Gasteiger partial charge in [-0.3, -0.25) is 14.5 Å². The second kappa shape index (κ2) is 14.1. The van der Waals surface area contributed by atoms with Gasteiger partial charge in [-0.05, 0) is 46.9 Å². The number of Topliss-reactive ketones (excluding diaryl/α,β-unsaturated/α-hetero) is 1. The maximum absolute atomic E-state index is 12.2. The number of nitrogens with zero attached hydrogens (tertiary/aromatic N) is 1. The van der Waals surface area contributed by atoms with Gasteiger partial charge >= 0.3 is 19.2 Å². The average molecular weight is 502 g/mol. The fourth-order valence-corrected chi connectivity index (χ4v) is 4.65. The molecule has 2 unspecified atom stereocenters. The number of carbonyl (C=O) groups excluding carboxylic acids is 2. The number of carboxylic acid groups (broad SMARTS) is 1. The molecule has 2 heterocycles. The first-order valence-corrected chi connectivity index (χ1v) is 12.4. The van der Waals surface area contributed by atoms with E-state index in [2.05, 4.69) is 12.2 Å². The van der Waals surface area contributed by atoms with Gasteiger partial charge in [0.15, 0.2) is 5.78 Å². The number of hydrogen-bond donors (Lipinski definition) is 6. The zero-order valence-corrected chi connectivity index (χ0v) is 21.5. The normalized spacial score (nSPS) is 28.3. The van der Waals surface area contributed by atoms with E-state index >= 15 is 0 Å². The topological polar surface area (TPSA) is 177 Å². The molecule has 6 N–H and O–H groups in total. The quantitative estimate of drug-likeness (QED) is 0.245. The van der Waals surface area contributed by atoms with Crippen LogP contribution in [0.1, 0.15) is 66.7 Å². The molecule has 1 amide bonds. The molecular formula is C23H43BN2O9. The summed E-state index contributed by atoms with van der Waals surface area (Å²) in [6.07, 6.45) is 2.03. The Bertz CT molecular complexity index is 701. The number of unbranched alkanes of at least 4 members (excludes halogenated alkanes) is 1. The molecule has 0 aromatic heterocycles. The first-order chi connectivity index (χ1) is 16.2. The van der Waals surface area contributed by atoms with Gasteiger partial charge in [-0.1, -0.05) is 26.2 Å². The third kappa shape index (κ3) is 10.0. The number of aliphatic hydroxyl groups excluding tert-OH is 2. The van der Waals surface area contributed by atoms with Crippen LogP contribution in [0.4, 0.5) is 4.79 Å². The van der Waals surface area contributed by atoms with Crippen LogP contribution in [0.25, 0.3) is 0 Å². The Balaban J connectivity index is 0.000000365. The largest absolute Gasteiger partial charge is 0.480 e. The molecule has 0 saturated carbocycles. The summed E-state index contributed by atoms with van der Waals surface area (Å²) in [5.74, 6) is -1.59. The summed E-state index contributed by atoms with van der Waals surface area (Å²) >= 11 is 0. The van der Waals surface area contributed by atoms with Crippen molar-refractivity contribution in [3.8, 4) is 0 Å². The third-order valence-electron chi connectivity index (χ3n) is 6.29. The molecule has 0 aliphatic carbocycles. The molecule has 0 radical (unpaired) electrons. The van der Waals surface area contributed by atoms with Gasteiger partial charge in [0, 0.05) is 18.4 Å². The zero-order valence-electron chi connectivity index (χ0n) is 21.5. The highest BCUT2D eigenvalue weighted by Crippen LogP contribution is 2.31. The van der Waals surface area contributed by atoms with Crippen LogP contribution in [0, 0.1) is 11.8 Å². The summed E-state index contributed by atoms with van der Waals surface area (Å²) < 4.78 is 5.33. The van der Waals surface area contributed by atoms with Crippen LogP contribution in [0.3, 0.4) is 0 Å². The van der Waals surface area contributed by atoms with Gasteiger partial charge in [0.05, 0.1) is 24.8 Å². The smallest absolute Gasteiger partial charge is 0.451 e. The van der Waals surface area contributed by atoms with Gasteiger partial charge in [0.2, 0.25) is 0 Å². The van der Waals surface area contributed by atoms with Crippen molar-refractivity contribution in [2.45, 2.75) is 103 Å². The summed E-state index contributed by atoms with van der Waals surface area (Å²) in [6, 6.07) is -1.29. The van der Waals surface area contributed by atoms with Crippen molar-refractivity contribution in [1.82, 2.24) is 10.2 Å². The SMILES string of the molecule is CCCCC1C(O)CN(C(=O)OC(C)(C)C)[C@@H]1C(C)=O.O=C(O)[C@H]1NC[C@@H](O)[C@@H]1CCCB(O)O. The monoisotopic (exact) mass is 502 g/mol. The molecule has 2 rings (SSSR count). The zero-order chi connectivity index (χ0) is 26.9. The van der Waals surface area contributed by atoms with Crippen molar-refractivity contribution >= 4 is 25.0 Å². The van der Waals surface area contributed by atoms with Gasteiger partial charge in [-0.2, -0.15) is 0 Å². The number of likely N-dealkylation sites (tertiary alicyclic amines) is 1. The second-order valence-corrected chi connectivity index (χ2v) is 10.4. The molecule has 12 heteroatoms. The van der Waals surface area contributed by atoms with Crippen LogP contribution in [-0.4, -0.2) is 98.2 Å². The first kappa shape index (κ1) is 31.3. The Morgan fingerprint density at radius 3 is 2.14 bits per heavy atom. The van der Waals surface area contributed by atoms with Gasteiger partial charge < -0.3 is 35.4 Å². The molecule has 2 fully saturated rings. The van der Waals surface area contributed by atoms with Gasteiger partial charge in [0.1, 0.15) is 11.6 Å². The van der Waals surface area contributed by atoms with E-state index < -0.39 is 49.1 Å². The molecule has 11 nitrogen and oxygen atoms in total. The predicted octanol–water partition coefficient (Wildman–Crippen LogP) is 0.635. The van der Waals surface area contributed by atoms with E-state index in [-0.39, 0.29) is 37.0 Å². The lowest BCUT2D eigenvalue weighted by molar-refractivity contribution is -0.140. The van der Waals surface area contributed by atoms with Crippen molar-refractivity contribution in [3.05, 3.63) is 0 Å². The number of hydrogen-bond acceptors (Lipinski definition) is 9. The number of carbonyl (C=O) groups is 3. The average Bonchev–Trinajstić information content (AvgIpc) is 3.25. The number of β-amino-alcohol motifs (C(OH)–C–C–N with tert-alkyl or cyclic N) is 2. The van der Waals surface area contributed by atoms with Gasteiger partial charge in [-0.15, -0.1) is 0 Å². The minimum Gasteiger partial charge on any atom is -0.480 e. The van der Waals surface area contributed by atoms with Crippen LogP contribution in [0.15, 0.2) is 0 Å². The number of aliphatic carboxylic acids is 1. The summed E-state index contributed by atoms with van der Waals surface area (Å²) in [5.41, 5.74) is -0.606. The summed E-state index contributed by atoms with van der Waals surface area (Å²) in [7, 11) is -1.36. The van der Waals surface area contributed by atoms with Gasteiger partial charge in [0.25, 0.3) is 0 Å². The van der Waals surface area contributed by atoms with Crippen LogP contribution >= 0.6 is 0 Å². The molecule has 2 saturated heterocycles. The molecule has 202 valence electrons. The van der Waals surface area contributed by atoms with Crippen LogP contribution in [0.5, 0.6) is 0 Å². The van der Waals surface area contributed by atoms with E-state index in [1.54, 1.807) is 20.8 Å². The molecule has 0 aromatic rings. The van der Waals surface area contributed by atoms with E-state index in [4.69, 9.17) is 19.9 Å². The van der Waals surface area contributed by atoms with E-state index in [0.29, 0.717) is 12.8 Å². The molecule has 0 bridgehead atoms. The fraction of sp³-hybridized carbons (Fsp3) is 0.870. The van der Waals surface area contributed by atoms with Crippen molar-refractivity contribution in [1.29, 1.82) is 0 Å². The Labute approximate surface area is 208 Å². The highest BCUT2D eigenvalue weighted by Gasteiger charge is 2.46. The molecule has 6 atom stereocenters. The summed E-state index contributed by atoms with van der Waals surface area (Å²) in [6.45, 7) is 9.35. The number of carboxylic acids is 1. The van der Waals surface area contributed by atoms with Crippen molar-refractivity contribution in [2.75, 3.05) is 13.1 Å². The number of nitrogens with one attached hydrogen (secondary N) is 1. The van der Waals surface area contributed by atoms with E-state index in [1.165, 1.54) is 11.8 Å². The Kier molecular flexibility index (Phi) is 12.6. The minimum atomic E-state index is -1.36. The predicted molar refractivity (Wildman–Crippen MR) is 130 cm³/mol. The Morgan fingerprint density at radius 2 is 1.66 bits per heavy atom. The molecule has 0 aromatic carbocycles. The maximum atomic E-state index is 12.2. The van der Waals surface area contributed by atoms with Crippen molar-refractivity contribution < 1.29 is 44.5 Å². The number of rotatable bonds is 9. The molecule has 0 spiro atoms. The lowest BCUT2D eigenvalue weighted by atomic mass is 9.81. The number of aliphatic hydroxyl groups is 2. The van der Waals surface area contributed by atoms with Gasteiger partial charge in [-0.25, -0.2) is 4.79 Å². The highest BCUT2D eigenvalue weighted by molar-refractivity contribution is 6.40.